The molecule has 1 amide bonds. The van der Waals surface area contributed by atoms with Gasteiger partial charge in [0.1, 0.15) is 0 Å². The minimum absolute atomic E-state index is 0. The Bertz CT molecular complexity index is 292. The van der Waals surface area contributed by atoms with Crippen molar-refractivity contribution in [3.63, 3.8) is 0 Å². The molecule has 0 saturated heterocycles. The molecule has 0 aromatic rings. The fourth-order valence-electron chi connectivity index (χ4n) is 3.57. The molecule has 3 fully saturated rings. The normalized spacial score (nSPS) is 37.1. The van der Waals surface area contributed by atoms with E-state index in [1.54, 1.807) is 0 Å². The Balaban J connectivity index is 0.00000108. The Labute approximate surface area is 109 Å². The Morgan fingerprint density at radius 1 is 1.18 bits per heavy atom. The summed E-state index contributed by atoms with van der Waals surface area (Å²) in [6, 6.07) is 0. The number of rotatable bonds is 3. The Kier molecular flexibility index (Phi) is 3.69. The fraction of sp³-hybridized carbons (Fsp3) is 0.923. The van der Waals surface area contributed by atoms with E-state index in [1.165, 1.54) is 32.1 Å². The molecule has 3 nitrogen and oxygen atoms in total. The number of amides is 1. The van der Waals surface area contributed by atoms with Gasteiger partial charge in [0.2, 0.25) is 5.91 Å². The van der Waals surface area contributed by atoms with Crippen molar-refractivity contribution in [2.45, 2.75) is 50.5 Å². The number of fused-ring (bicyclic) bond motifs is 1. The Morgan fingerprint density at radius 2 is 1.76 bits per heavy atom. The van der Waals surface area contributed by atoms with Gasteiger partial charge in [-0.1, -0.05) is 12.8 Å². The lowest BCUT2D eigenvalue weighted by Crippen LogP contribution is -2.55. The number of hydrogen-bond acceptors (Lipinski definition) is 2. The van der Waals surface area contributed by atoms with Gasteiger partial charge in [-0.15, -0.1) is 12.4 Å². The van der Waals surface area contributed by atoms with Crippen molar-refractivity contribution < 1.29 is 4.79 Å². The number of carbonyl (C=O) groups excluding carboxylic acids is 1. The van der Waals surface area contributed by atoms with Gasteiger partial charge in [0.05, 0.1) is 0 Å². The summed E-state index contributed by atoms with van der Waals surface area (Å²) in [4.78, 5) is 12.0. The van der Waals surface area contributed by atoms with Gasteiger partial charge in [0, 0.05) is 18.0 Å². The molecule has 0 heterocycles. The highest BCUT2D eigenvalue weighted by molar-refractivity contribution is 5.85. The number of halogens is 1. The van der Waals surface area contributed by atoms with Crippen molar-refractivity contribution in [2.24, 2.45) is 23.5 Å². The summed E-state index contributed by atoms with van der Waals surface area (Å²) in [5.41, 5.74) is 6.03. The van der Waals surface area contributed by atoms with Gasteiger partial charge in [-0.2, -0.15) is 0 Å². The number of nitrogens with two attached hydrogens (primary N) is 1. The van der Waals surface area contributed by atoms with Gasteiger partial charge in [-0.05, 0) is 43.9 Å². The van der Waals surface area contributed by atoms with Crippen LogP contribution in [0.15, 0.2) is 0 Å². The van der Waals surface area contributed by atoms with Crippen molar-refractivity contribution in [1.29, 1.82) is 0 Å². The maximum absolute atomic E-state index is 12.0. The van der Waals surface area contributed by atoms with Gasteiger partial charge in [-0.25, -0.2) is 0 Å². The second kappa shape index (κ2) is 4.77. The van der Waals surface area contributed by atoms with E-state index < -0.39 is 0 Å². The van der Waals surface area contributed by atoms with Crippen LogP contribution in [-0.2, 0) is 4.79 Å². The molecule has 0 aromatic heterocycles. The summed E-state index contributed by atoms with van der Waals surface area (Å²) in [6.07, 6.45) is 8.57. The van der Waals surface area contributed by atoms with Crippen molar-refractivity contribution in [3.8, 4) is 0 Å². The highest BCUT2D eigenvalue weighted by Gasteiger charge is 2.54. The van der Waals surface area contributed by atoms with E-state index >= 15 is 0 Å². The highest BCUT2D eigenvalue weighted by atomic mass is 35.5. The fourth-order valence-corrected chi connectivity index (χ4v) is 3.57. The zero-order valence-corrected chi connectivity index (χ0v) is 11.1. The second-order valence-corrected chi connectivity index (χ2v) is 6.07. The molecular weight excluding hydrogens is 236 g/mol. The van der Waals surface area contributed by atoms with Crippen LogP contribution in [-0.4, -0.2) is 18.0 Å². The molecule has 3 saturated carbocycles. The minimum atomic E-state index is -0.0737. The van der Waals surface area contributed by atoms with Crippen molar-refractivity contribution >= 4 is 18.3 Å². The Hall–Kier alpha value is -0.280. The average molecular weight is 259 g/mol. The van der Waals surface area contributed by atoms with Crippen LogP contribution >= 0.6 is 12.4 Å². The van der Waals surface area contributed by atoms with Crippen LogP contribution < -0.4 is 11.1 Å². The largest absolute Gasteiger partial charge is 0.354 e. The van der Waals surface area contributed by atoms with Crippen LogP contribution in [0.2, 0.25) is 0 Å². The second-order valence-electron chi connectivity index (χ2n) is 6.07. The minimum Gasteiger partial charge on any atom is -0.354 e. The quantitative estimate of drug-likeness (QED) is 0.812. The average Bonchev–Trinajstić information content (AvgIpc) is 2.97. The molecule has 4 heteroatoms. The SMILES string of the molecule is Cl.NC1(CNC(=O)C2C3CCCCC32)CCC1. The third kappa shape index (κ3) is 2.45. The molecule has 0 spiro atoms. The maximum Gasteiger partial charge on any atom is 0.223 e. The van der Waals surface area contributed by atoms with E-state index in [1.807, 2.05) is 0 Å². The first kappa shape index (κ1) is 13.2. The lowest BCUT2D eigenvalue weighted by molar-refractivity contribution is -0.123. The maximum atomic E-state index is 12.0. The zero-order chi connectivity index (χ0) is 11.2. The van der Waals surface area contributed by atoms with Crippen molar-refractivity contribution in [1.82, 2.24) is 5.32 Å². The van der Waals surface area contributed by atoms with Crippen molar-refractivity contribution in [3.05, 3.63) is 0 Å². The van der Waals surface area contributed by atoms with Crippen LogP contribution in [0.25, 0.3) is 0 Å². The van der Waals surface area contributed by atoms with Gasteiger partial charge in [0.15, 0.2) is 0 Å². The van der Waals surface area contributed by atoms with Crippen LogP contribution in [0.4, 0.5) is 0 Å². The molecule has 3 aliphatic carbocycles. The summed E-state index contributed by atoms with van der Waals surface area (Å²) in [6.45, 7) is 0.696. The monoisotopic (exact) mass is 258 g/mol. The molecule has 0 bridgehead atoms. The zero-order valence-electron chi connectivity index (χ0n) is 10.3. The number of carbonyl (C=O) groups is 1. The van der Waals surface area contributed by atoms with E-state index in [-0.39, 0.29) is 23.9 Å². The van der Waals surface area contributed by atoms with E-state index in [9.17, 15) is 4.79 Å². The van der Waals surface area contributed by atoms with Gasteiger partial charge >= 0.3 is 0 Å². The third-order valence-electron chi connectivity index (χ3n) is 4.92. The topological polar surface area (TPSA) is 55.1 Å². The molecular formula is C13H23ClN2O. The summed E-state index contributed by atoms with van der Waals surface area (Å²) < 4.78 is 0. The predicted octanol–water partition coefficient (Wildman–Crippen LogP) is 1.84. The first-order chi connectivity index (χ1) is 7.70. The third-order valence-corrected chi connectivity index (χ3v) is 4.92. The van der Waals surface area contributed by atoms with Gasteiger partial charge in [0.25, 0.3) is 0 Å². The van der Waals surface area contributed by atoms with Crippen molar-refractivity contribution in [2.75, 3.05) is 6.54 Å². The highest BCUT2D eigenvalue weighted by Crippen LogP contribution is 2.55. The number of nitrogens with one attached hydrogen (secondary N) is 1. The lowest BCUT2D eigenvalue weighted by atomic mass is 9.78. The van der Waals surface area contributed by atoms with E-state index in [0.29, 0.717) is 24.3 Å². The van der Waals surface area contributed by atoms with Crippen LogP contribution in [0, 0.1) is 17.8 Å². The molecule has 0 radical (unpaired) electrons. The number of hydrogen-bond donors (Lipinski definition) is 2. The van der Waals surface area contributed by atoms with Crippen LogP contribution in [0.1, 0.15) is 44.9 Å². The molecule has 3 aliphatic rings. The predicted molar refractivity (Wildman–Crippen MR) is 70.0 cm³/mol. The molecule has 98 valence electrons. The summed E-state index contributed by atoms with van der Waals surface area (Å²) >= 11 is 0. The molecule has 3 N–H and O–H groups in total. The lowest BCUT2D eigenvalue weighted by Gasteiger charge is -2.38. The molecule has 2 unspecified atom stereocenters. The van der Waals surface area contributed by atoms with Crippen LogP contribution in [0.5, 0.6) is 0 Å². The first-order valence-electron chi connectivity index (χ1n) is 6.76. The molecule has 2 atom stereocenters. The summed E-state index contributed by atoms with van der Waals surface area (Å²) in [7, 11) is 0. The molecule has 3 rings (SSSR count). The van der Waals surface area contributed by atoms with Gasteiger partial charge in [-0.3, -0.25) is 4.79 Å². The summed E-state index contributed by atoms with van der Waals surface area (Å²) in [5.74, 6) is 2.05. The summed E-state index contributed by atoms with van der Waals surface area (Å²) in [5, 5.41) is 3.08. The standard InChI is InChI=1S/C13H22N2O.ClH/c14-13(6-3-7-13)8-15-12(16)11-9-4-1-2-5-10(9)11;/h9-11H,1-8,14H2,(H,15,16);1H. The molecule has 0 aromatic carbocycles. The van der Waals surface area contributed by atoms with Gasteiger partial charge < -0.3 is 11.1 Å². The smallest absolute Gasteiger partial charge is 0.223 e. The first-order valence-corrected chi connectivity index (χ1v) is 6.76. The molecule has 17 heavy (non-hydrogen) atoms. The van der Waals surface area contributed by atoms with Crippen LogP contribution in [0.3, 0.4) is 0 Å². The molecule has 0 aliphatic heterocycles. The van der Waals surface area contributed by atoms with E-state index in [2.05, 4.69) is 5.32 Å². The Morgan fingerprint density at radius 3 is 2.24 bits per heavy atom. The van der Waals surface area contributed by atoms with E-state index in [4.69, 9.17) is 5.73 Å². The van der Waals surface area contributed by atoms with E-state index in [0.717, 1.165) is 12.8 Å².